The number of aromatic nitrogens is 1. The first-order chi connectivity index (χ1) is 15.9. The third-order valence-corrected chi connectivity index (χ3v) is 6.00. The molecule has 1 aliphatic heterocycles. The van der Waals surface area contributed by atoms with Crippen molar-refractivity contribution in [2.75, 3.05) is 38.6 Å². The molecule has 2 heterocycles. The topological polar surface area (TPSA) is 97.0 Å². The number of nitrogens with zero attached hydrogens (tertiary/aromatic N) is 3. The van der Waals surface area contributed by atoms with Crippen LogP contribution in [0.5, 0.6) is 5.75 Å². The molecule has 2 amide bonds. The van der Waals surface area contributed by atoms with Crippen LogP contribution in [0.15, 0.2) is 51.7 Å². The van der Waals surface area contributed by atoms with E-state index in [0.717, 1.165) is 5.56 Å². The number of hydrogen-bond acceptors (Lipinski definition) is 6. The molecule has 0 spiro atoms. The molecular formula is C24H28N4O5. The smallest absolute Gasteiger partial charge is 0.419 e. The first-order valence-corrected chi connectivity index (χ1v) is 11.0. The molecule has 1 atom stereocenters. The normalized spacial score (nSPS) is 16.7. The number of para-hydroxylation sites is 1. The number of benzene rings is 2. The Kier molecular flexibility index (Phi) is 6.50. The summed E-state index contributed by atoms with van der Waals surface area (Å²) in [6.07, 6.45) is 0. The van der Waals surface area contributed by atoms with E-state index in [1.807, 2.05) is 41.0 Å². The van der Waals surface area contributed by atoms with E-state index < -0.39 is 5.76 Å². The van der Waals surface area contributed by atoms with Crippen LogP contribution in [-0.4, -0.2) is 59.5 Å². The molecule has 0 bridgehead atoms. The minimum Gasteiger partial charge on any atom is -0.496 e. The zero-order chi connectivity index (χ0) is 23.5. The molecule has 9 heteroatoms. The minimum atomic E-state index is -0.415. The molecule has 1 aliphatic rings. The first kappa shape index (κ1) is 22.6. The zero-order valence-corrected chi connectivity index (χ0v) is 19.0. The lowest BCUT2D eigenvalue weighted by molar-refractivity contribution is -0.134. The fourth-order valence-corrected chi connectivity index (χ4v) is 4.42. The standard InChI is InChI=1S/C24H28N4O5/c1-4-27-19-10-9-17(13-22(19)33-24(27)31)25-23(30)15-26-11-12-28(16(2)29)20(14-26)18-7-5-6-8-21(18)32-3/h5-10,13,20H,4,11-12,14-15H2,1-3H3,(H,25,30). The van der Waals surface area contributed by atoms with E-state index in [4.69, 9.17) is 9.15 Å². The molecule has 1 saturated heterocycles. The maximum atomic E-state index is 12.8. The van der Waals surface area contributed by atoms with Gasteiger partial charge in [0.2, 0.25) is 11.8 Å². The maximum Gasteiger partial charge on any atom is 0.419 e. The summed E-state index contributed by atoms with van der Waals surface area (Å²) in [7, 11) is 1.61. The second-order valence-electron chi connectivity index (χ2n) is 8.05. The number of methoxy groups -OCH3 is 1. The maximum absolute atomic E-state index is 12.8. The lowest BCUT2D eigenvalue weighted by Gasteiger charge is -2.41. The fraction of sp³-hybridized carbons (Fsp3) is 0.375. The molecule has 4 rings (SSSR count). The van der Waals surface area contributed by atoms with Gasteiger partial charge in [-0.3, -0.25) is 19.1 Å². The van der Waals surface area contributed by atoms with E-state index in [1.165, 1.54) is 4.57 Å². The van der Waals surface area contributed by atoms with Crippen molar-refractivity contribution >= 4 is 28.6 Å². The van der Waals surface area contributed by atoms with Crippen molar-refractivity contribution in [1.82, 2.24) is 14.4 Å². The average molecular weight is 453 g/mol. The predicted molar refractivity (Wildman–Crippen MR) is 124 cm³/mol. The summed E-state index contributed by atoms with van der Waals surface area (Å²) in [6.45, 7) is 5.74. The largest absolute Gasteiger partial charge is 0.496 e. The van der Waals surface area contributed by atoms with E-state index in [1.54, 1.807) is 32.2 Å². The zero-order valence-electron chi connectivity index (χ0n) is 19.0. The van der Waals surface area contributed by atoms with Crippen molar-refractivity contribution in [2.24, 2.45) is 0 Å². The van der Waals surface area contributed by atoms with Gasteiger partial charge in [-0.1, -0.05) is 18.2 Å². The van der Waals surface area contributed by atoms with Gasteiger partial charge in [-0.15, -0.1) is 0 Å². The summed E-state index contributed by atoms with van der Waals surface area (Å²) in [4.78, 5) is 40.8. The molecule has 1 fully saturated rings. The number of hydrogen-bond donors (Lipinski definition) is 1. The number of aryl methyl sites for hydroxylation is 1. The van der Waals surface area contributed by atoms with Crippen molar-refractivity contribution < 1.29 is 18.7 Å². The third kappa shape index (κ3) is 4.63. The van der Waals surface area contributed by atoms with Crippen LogP contribution in [0.2, 0.25) is 0 Å². The number of carbonyl (C=O) groups excluding carboxylic acids is 2. The fourth-order valence-electron chi connectivity index (χ4n) is 4.42. The number of piperazine rings is 1. The highest BCUT2D eigenvalue weighted by Gasteiger charge is 2.32. The van der Waals surface area contributed by atoms with Gasteiger partial charge in [0, 0.05) is 50.4 Å². The first-order valence-electron chi connectivity index (χ1n) is 11.0. The van der Waals surface area contributed by atoms with Gasteiger partial charge in [0.05, 0.1) is 25.2 Å². The Morgan fingerprint density at radius 3 is 2.70 bits per heavy atom. The summed E-state index contributed by atoms with van der Waals surface area (Å²) in [5.41, 5.74) is 2.61. The van der Waals surface area contributed by atoms with Crippen molar-refractivity contribution in [3.8, 4) is 5.75 Å². The second kappa shape index (κ2) is 9.50. The van der Waals surface area contributed by atoms with Crippen LogP contribution in [-0.2, 0) is 16.1 Å². The van der Waals surface area contributed by atoms with Gasteiger partial charge in [-0.25, -0.2) is 4.79 Å². The molecule has 0 saturated carbocycles. The Morgan fingerprint density at radius 2 is 1.97 bits per heavy atom. The number of fused-ring (bicyclic) bond motifs is 1. The molecule has 1 unspecified atom stereocenters. The summed E-state index contributed by atoms with van der Waals surface area (Å²) in [6, 6.07) is 12.6. The molecule has 1 aromatic heterocycles. The SMILES string of the molecule is CCn1c(=O)oc2cc(NC(=O)CN3CCN(C(C)=O)C(c4ccccc4OC)C3)ccc21. The van der Waals surface area contributed by atoms with E-state index >= 15 is 0 Å². The Morgan fingerprint density at radius 1 is 1.18 bits per heavy atom. The number of ether oxygens (including phenoxy) is 1. The van der Waals surface area contributed by atoms with Gasteiger partial charge in [0.1, 0.15) is 5.75 Å². The van der Waals surface area contributed by atoms with Gasteiger partial charge in [0.25, 0.3) is 0 Å². The summed E-state index contributed by atoms with van der Waals surface area (Å²) in [5, 5.41) is 2.88. The van der Waals surface area contributed by atoms with Crippen molar-refractivity contribution in [1.29, 1.82) is 0 Å². The van der Waals surface area contributed by atoms with Gasteiger partial charge < -0.3 is 19.4 Å². The molecule has 0 radical (unpaired) electrons. The Hall–Kier alpha value is -3.59. The van der Waals surface area contributed by atoms with E-state index in [9.17, 15) is 14.4 Å². The second-order valence-corrected chi connectivity index (χ2v) is 8.05. The average Bonchev–Trinajstić information content (AvgIpc) is 3.12. The molecule has 0 aliphatic carbocycles. The number of anilines is 1. The number of rotatable bonds is 6. The van der Waals surface area contributed by atoms with E-state index in [-0.39, 0.29) is 24.4 Å². The van der Waals surface area contributed by atoms with Crippen LogP contribution in [0, 0.1) is 0 Å². The molecule has 2 aromatic carbocycles. The number of carbonyl (C=O) groups is 2. The highest BCUT2D eigenvalue weighted by atomic mass is 16.5. The summed E-state index contributed by atoms with van der Waals surface area (Å²) < 4.78 is 12.3. The summed E-state index contributed by atoms with van der Waals surface area (Å²) in [5.74, 6) is 0.112. The number of amides is 2. The van der Waals surface area contributed by atoms with Crippen LogP contribution in [0.25, 0.3) is 11.1 Å². The van der Waals surface area contributed by atoms with Crippen molar-refractivity contribution in [3.63, 3.8) is 0 Å². The summed E-state index contributed by atoms with van der Waals surface area (Å²) >= 11 is 0. The highest BCUT2D eigenvalue weighted by Crippen LogP contribution is 2.32. The lowest BCUT2D eigenvalue weighted by Crippen LogP contribution is -2.51. The molecule has 174 valence electrons. The third-order valence-electron chi connectivity index (χ3n) is 6.00. The van der Waals surface area contributed by atoms with Crippen LogP contribution in [0.3, 0.4) is 0 Å². The molecule has 33 heavy (non-hydrogen) atoms. The Bertz CT molecular complexity index is 1230. The Balaban J connectivity index is 1.47. The lowest BCUT2D eigenvalue weighted by atomic mass is 10.0. The van der Waals surface area contributed by atoms with Gasteiger partial charge in [-0.2, -0.15) is 0 Å². The molecule has 9 nitrogen and oxygen atoms in total. The number of nitrogens with one attached hydrogen (secondary N) is 1. The molecular weight excluding hydrogens is 424 g/mol. The van der Waals surface area contributed by atoms with E-state index in [0.29, 0.717) is 48.7 Å². The van der Waals surface area contributed by atoms with Crippen LogP contribution >= 0.6 is 0 Å². The van der Waals surface area contributed by atoms with Crippen molar-refractivity contribution in [3.05, 3.63) is 58.6 Å². The quantitative estimate of drug-likeness (QED) is 0.617. The monoisotopic (exact) mass is 452 g/mol. The molecule has 3 aromatic rings. The highest BCUT2D eigenvalue weighted by molar-refractivity contribution is 5.94. The predicted octanol–water partition coefficient (Wildman–Crippen LogP) is 2.47. The minimum absolute atomic E-state index is 0.0104. The number of oxazole rings is 1. The van der Waals surface area contributed by atoms with Crippen molar-refractivity contribution in [2.45, 2.75) is 26.4 Å². The Labute approximate surface area is 191 Å². The van der Waals surface area contributed by atoms with Crippen LogP contribution in [0.1, 0.15) is 25.5 Å². The van der Waals surface area contributed by atoms with Gasteiger partial charge in [-0.05, 0) is 25.1 Å². The molecule has 1 N–H and O–H groups in total. The van der Waals surface area contributed by atoms with Gasteiger partial charge >= 0.3 is 5.76 Å². The van der Waals surface area contributed by atoms with Crippen LogP contribution in [0.4, 0.5) is 5.69 Å². The van der Waals surface area contributed by atoms with E-state index in [2.05, 4.69) is 5.32 Å². The van der Waals surface area contributed by atoms with Crippen LogP contribution < -0.4 is 15.8 Å². The van der Waals surface area contributed by atoms with Gasteiger partial charge in [0.15, 0.2) is 5.58 Å².